The minimum atomic E-state index is -1.83. The number of rotatable bonds is 53. The molecule has 0 unspecified atom stereocenters. The molecular formula is C72H121N23O17. The predicted molar refractivity (Wildman–Crippen MR) is 416 cm³/mol. The number of hydrogen-bond donors (Lipinski definition) is 21. The number of guanidine groups is 2. The van der Waals surface area contributed by atoms with Crippen LogP contribution in [0.25, 0.3) is 10.9 Å². The number of primary amides is 3. The second-order valence-corrected chi connectivity index (χ2v) is 28.9. The van der Waals surface area contributed by atoms with Crippen molar-refractivity contribution >= 4 is 117 Å². The molecule has 0 aliphatic carbocycles. The first-order valence-corrected chi connectivity index (χ1v) is 37.5. The van der Waals surface area contributed by atoms with Crippen LogP contribution in [0.2, 0.25) is 0 Å². The lowest BCUT2D eigenvalue weighted by molar-refractivity contribution is -0.139. The van der Waals surface area contributed by atoms with Crippen LogP contribution < -0.4 is 104 Å². The van der Waals surface area contributed by atoms with Crippen molar-refractivity contribution in [1.82, 2.24) is 73.7 Å². The lowest BCUT2D eigenvalue weighted by Crippen LogP contribution is -2.61. The van der Waals surface area contributed by atoms with Gasteiger partial charge in [0.05, 0.1) is 13.0 Å². The molecule has 0 saturated heterocycles. The van der Waals surface area contributed by atoms with Gasteiger partial charge in [0.15, 0.2) is 11.9 Å². The molecule has 40 heteroatoms. The van der Waals surface area contributed by atoms with E-state index in [0.29, 0.717) is 42.1 Å². The summed E-state index contributed by atoms with van der Waals surface area (Å²) in [5.41, 5.74) is 40.3. The molecule has 626 valence electrons. The molecular weight excluding hydrogens is 1460 g/mol. The van der Waals surface area contributed by atoms with Gasteiger partial charge >= 0.3 is 5.97 Å². The number of unbranched alkanes of at least 4 members (excludes halogenated alkanes) is 2. The number of benzene rings is 1. The molecule has 0 bridgehead atoms. The average molecular weight is 1580 g/mol. The van der Waals surface area contributed by atoms with Gasteiger partial charge in [-0.1, -0.05) is 80.0 Å². The standard InChI is InChI=1S/C72H121N23O17/c1-12-40(8)59(70(112)90-50(32-37(2)3)66(108)86-45(60(76)102)25-27-53(74)97)94-64(106)48(23-16-18-31-81-72(79)95(10)11)87-63(105)47(24-19-29-73)85-55(99)36-83-61(103)52(34-54(75)98)91-69(111)58(39(6)7)92-65(107)49(26-28-56(100)101)88-68(110)57(38(4)5)93-67(109)51(33-42-35-82-44-21-14-13-20-43(42)44)89-62(104)46(84-41(9)96)22-15-17-30-80-71(77)78/h13-14,20-21,35,37-40,45-52,57-59,82H,12,15-19,22-34,36,73H2,1-11H3,(H2,74,97)(H2,75,98)(H2,76,102)(H2,79,81)(H,83,103)(H,84,96)(H,85,99)(H,86,108)(H,87,105)(H,88,110)(H,89,104)(H,90,112)(H,91,111)(H,92,107)(H,93,109)(H,94,106)(H,100,101)(H4,77,78,80)/t40-,45-,46-,47-,48-,49-,50-,51-,52-,57-,58-,59-/m0/s1. The molecule has 15 amide bonds. The van der Waals surface area contributed by atoms with Crippen molar-refractivity contribution < 1.29 is 81.8 Å². The van der Waals surface area contributed by atoms with Gasteiger partial charge in [0, 0.05) is 70.5 Å². The third-order valence-electron chi connectivity index (χ3n) is 17.9. The Morgan fingerprint density at radius 3 is 1.46 bits per heavy atom. The predicted octanol–water partition coefficient (Wildman–Crippen LogP) is -4.70. The highest BCUT2D eigenvalue weighted by Gasteiger charge is 2.39. The van der Waals surface area contributed by atoms with E-state index >= 15 is 0 Å². The first kappa shape index (κ1) is 96.9. The van der Waals surface area contributed by atoms with Gasteiger partial charge in [0.1, 0.15) is 66.5 Å². The SMILES string of the molecule is CC[C@H](C)[C@H](NC(=O)[C@H](CCCCN=C(N)N(C)C)NC(=O)[C@H](CCCN)NC(=O)CNC(=O)[C@H](CC(N)=O)NC(=O)[C@@H](NC(=O)[C@H](CCC(=O)O)NC(=O)[C@@H](NC(=O)[C@H](Cc1c[nH]c2ccccc12)NC(=O)[C@H](CCCCN=C(N)N)NC(C)=O)C(C)C)C(C)C)C(=O)N[C@@H](CC(C)C)C(=O)N[C@@H](CCC(N)=O)C(N)=O. The molecule has 2 aromatic rings. The van der Waals surface area contributed by atoms with E-state index in [-0.39, 0.29) is 95.3 Å². The maximum atomic E-state index is 14.6. The van der Waals surface area contributed by atoms with E-state index in [4.69, 9.17) is 40.1 Å². The number of carbonyl (C=O) groups is 16. The van der Waals surface area contributed by atoms with Gasteiger partial charge in [-0.05, 0) is 112 Å². The first-order chi connectivity index (χ1) is 52.6. The number of amides is 15. The number of nitrogens with zero attached hydrogens (tertiary/aromatic N) is 3. The van der Waals surface area contributed by atoms with Crippen molar-refractivity contribution in [2.24, 2.45) is 73.8 Å². The van der Waals surface area contributed by atoms with Crippen LogP contribution in [0.3, 0.4) is 0 Å². The van der Waals surface area contributed by atoms with E-state index < -0.39 is 205 Å². The molecule has 12 atom stereocenters. The Bertz CT molecular complexity index is 3600. The summed E-state index contributed by atoms with van der Waals surface area (Å²) in [6.07, 6.45) is 0.794. The second kappa shape index (κ2) is 49.8. The van der Waals surface area contributed by atoms with Gasteiger partial charge in [-0.2, -0.15) is 0 Å². The number of nitrogens with two attached hydrogens (primary N) is 7. The number of carboxylic acid groups (broad SMARTS) is 1. The zero-order valence-electron chi connectivity index (χ0n) is 66.1. The Morgan fingerprint density at radius 2 is 0.946 bits per heavy atom. The molecule has 112 heavy (non-hydrogen) atoms. The van der Waals surface area contributed by atoms with E-state index in [1.54, 1.807) is 91.0 Å². The minimum Gasteiger partial charge on any atom is -0.481 e. The maximum absolute atomic E-state index is 14.6. The number of nitrogens with one attached hydrogen (secondary N) is 13. The van der Waals surface area contributed by atoms with Crippen molar-refractivity contribution in [3.63, 3.8) is 0 Å². The van der Waals surface area contributed by atoms with Crippen molar-refractivity contribution in [3.05, 3.63) is 36.0 Å². The van der Waals surface area contributed by atoms with Crippen molar-refractivity contribution in [3.8, 4) is 0 Å². The van der Waals surface area contributed by atoms with E-state index in [9.17, 15) is 81.8 Å². The van der Waals surface area contributed by atoms with Crippen molar-refractivity contribution in [2.75, 3.05) is 40.3 Å². The number of aliphatic imine (C=N–C) groups is 2. The fourth-order valence-electron chi connectivity index (χ4n) is 11.5. The van der Waals surface area contributed by atoms with Crippen molar-refractivity contribution in [2.45, 2.75) is 232 Å². The first-order valence-electron chi connectivity index (χ1n) is 37.5. The van der Waals surface area contributed by atoms with Crippen molar-refractivity contribution in [1.29, 1.82) is 0 Å². The molecule has 28 N–H and O–H groups in total. The summed E-state index contributed by atoms with van der Waals surface area (Å²) in [5, 5.41) is 41.2. The van der Waals surface area contributed by atoms with Gasteiger partial charge in [0.25, 0.3) is 0 Å². The molecule has 0 saturated carbocycles. The summed E-state index contributed by atoms with van der Waals surface area (Å²) in [7, 11) is 3.38. The zero-order valence-corrected chi connectivity index (χ0v) is 66.1. The molecule has 0 radical (unpaired) electrons. The van der Waals surface area contributed by atoms with Gasteiger partial charge in [-0.15, -0.1) is 0 Å². The molecule has 40 nitrogen and oxygen atoms in total. The zero-order chi connectivity index (χ0) is 84.6. The fraction of sp³-hybridized carbons (Fsp3) is 0.639. The number of aliphatic carboxylic acids is 1. The molecule has 0 aliphatic heterocycles. The molecule has 1 heterocycles. The monoisotopic (exact) mass is 1580 g/mol. The largest absolute Gasteiger partial charge is 0.481 e. The topological polar surface area (TPSA) is 664 Å². The van der Waals surface area contributed by atoms with Crippen LogP contribution in [0.4, 0.5) is 0 Å². The van der Waals surface area contributed by atoms with Crippen LogP contribution in [0.15, 0.2) is 40.4 Å². The van der Waals surface area contributed by atoms with Gasteiger partial charge in [0.2, 0.25) is 88.6 Å². The van der Waals surface area contributed by atoms with E-state index in [1.807, 2.05) is 0 Å². The normalized spacial score (nSPS) is 14.6. The molecule has 2 rings (SSSR count). The highest BCUT2D eigenvalue weighted by Crippen LogP contribution is 2.21. The maximum Gasteiger partial charge on any atom is 0.303 e. The number of aromatic amines is 1. The minimum absolute atomic E-state index is 0.0205. The van der Waals surface area contributed by atoms with Crippen LogP contribution in [0, 0.1) is 23.7 Å². The van der Waals surface area contributed by atoms with Gasteiger partial charge in [-0.3, -0.25) is 86.7 Å². The molecule has 0 fully saturated rings. The second-order valence-electron chi connectivity index (χ2n) is 28.9. The quantitative estimate of drug-likeness (QED) is 0.0168. The number of carboxylic acids is 1. The highest BCUT2D eigenvalue weighted by molar-refractivity contribution is 6.00. The van der Waals surface area contributed by atoms with Crippen LogP contribution in [-0.2, 0) is 83.1 Å². The number of para-hydroxylation sites is 1. The number of H-pyrrole nitrogens is 1. The molecule has 1 aromatic carbocycles. The van der Waals surface area contributed by atoms with Crippen LogP contribution >= 0.6 is 0 Å². The summed E-state index contributed by atoms with van der Waals surface area (Å²) in [6.45, 7) is 13.9. The molecule has 0 spiro atoms. The Hall–Kier alpha value is -11.2. The number of hydrogen-bond acceptors (Lipinski definition) is 19. The number of fused-ring (bicyclic) bond motifs is 1. The highest BCUT2D eigenvalue weighted by atomic mass is 16.4. The van der Waals surface area contributed by atoms with Crippen LogP contribution in [0.5, 0.6) is 0 Å². The Morgan fingerprint density at radius 1 is 0.491 bits per heavy atom. The number of aromatic nitrogens is 1. The lowest BCUT2D eigenvalue weighted by Gasteiger charge is -2.30. The third-order valence-corrected chi connectivity index (χ3v) is 17.9. The fourth-order valence-corrected chi connectivity index (χ4v) is 11.5. The molecule has 1 aromatic heterocycles. The van der Waals surface area contributed by atoms with E-state index in [1.165, 1.54) is 20.8 Å². The van der Waals surface area contributed by atoms with Gasteiger partial charge < -0.3 is 119 Å². The Balaban J connectivity index is 2.46. The smallest absolute Gasteiger partial charge is 0.303 e. The summed E-state index contributed by atoms with van der Waals surface area (Å²) < 4.78 is 0. The van der Waals surface area contributed by atoms with Crippen LogP contribution in [0.1, 0.15) is 164 Å². The third kappa shape index (κ3) is 36.1. The average Bonchev–Trinajstić information content (AvgIpc) is 1.62. The summed E-state index contributed by atoms with van der Waals surface area (Å²) >= 11 is 0. The summed E-state index contributed by atoms with van der Waals surface area (Å²) in [4.78, 5) is 230. The van der Waals surface area contributed by atoms with E-state index in [2.05, 4.69) is 78.8 Å². The van der Waals surface area contributed by atoms with Crippen LogP contribution in [-0.4, -0.2) is 228 Å². The number of carbonyl (C=O) groups excluding carboxylic acids is 15. The summed E-state index contributed by atoms with van der Waals surface area (Å²) in [6, 6.07) is -8.70. The molecule has 0 aliphatic rings. The Kier molecular flexibility index (Phi) is 43.1. The lowest BCUT2D eigenvalue weighted by atomic mass is 9.96. The Labute approximate surface area is 652 Å². The van der Waals surface area contributed by atoms with E-state index in [0.717, 1.165) is 0 Å². The summed E-state index contributed by atoms with van der Waals surface area (Å²) in [5.74, 6) is -17.3. The van der Waals surface area contributed by atoms with Gasteiger partial charge in [-0.25, -0.2) is 0 Å².